The summed E-state index contributed by atoms with van der Waals surface area (Å²) in [5.41, 5.74) is -0.887. The van der Waals surface area contributed by atoms with Crippen LogP contribution in [0, 0.1) is 11.3 Å². The summed E-state index contributed by atoms with van der Waals surface area (Å²) in [5, 5.41) is 14.3. The Morgan fingerprint density at radius 1 is 1.14 bits per heavy atom. The summed E-state index contributed by atoms with van der Waals surface area (Å²) in [6.07, 6.45) is 7.31. The highest BCUT2D eigenvalue weighted by Gasteiger charge is 2.62. The van der Waals surface area contributed by atoms with Gasteiger partial charge >= 0.3 is 6.09 Å². The number of carbonyl (C=O) groups is 2. The molecule has 2 aliphatic carbocycles. The number of amides is 1. The molecule has 0 aromatic carbocycles. The lowest BCUT2D eigenvalue weighted by Crippen LogP contribution is -2.60. The van der Waals surface area contributed by atoms with E-state index >= 15 is 0 Å². The largest absolute Gasteiger partial charge is 0.444 e. The Labute approximate surface area is 252 Å². The van der Waals surface area contributed by atoms with E-state index < -0.39 is 22.7 Å². The van der Waals surface area contributed by atoms with E-state index in [0.29, 0.717) is 63.6 Å². The summed E-state index contributed by atoms with van der Waals surface area (Å²) in [4.78, 5) is 39.6. The summed E-state index contributed by atoms with van der Waals surface area (Å²) >= 11 is 6.49. The molecule has 2 saturated carbocycles. The first kappa shape index (κ1) is 30.7. The van der Waals surface area contributed by atoms with Crippen LogP contribution in [-0.4, -0.2) is 87.9 Å². The van der Waals surface area contributed by atoms with E-state index in [-0.39, 0.29) is 28.9 Å². The fraction of sp³-hybridized carbons (Fsp3) is 0.700. The van der Waals surface area contributed by atoms with Crippen LogP contribution in [0.2, 0.25) is 5.15 Å². The maximum atomic E-state index is 14.1. The molecule has 230 valence electrons. The van der Waals surface area contributed by atoms with Crippen molar-refractivity contribution in [1.29, 1.82) is 0 Å². The van der Waals surface area contributed by atoms with Crippen molar-refractivity contribution in [2.45, 2.75) is 89.6 Å². The third kappa shape index (κ3) is 5.75. The predicted molar refractivity (Wildman–Crippen MR) is 157 cm³/mol. The van der Waals surface area contributed by atoms with E-state index in [4.69, 9.17) is 30.8 Å². The number of hydrogen-bond acceptors (Lipinski definition) is 10. The number of nitrogens with zero attached hydrogens (tertiary/aromatic N) is 5. The molecule has 2 aliphatic heterocycles. The van der Waals surface area contributed by atoms with Gasteiger partial charge in [0.1, 0.15) is 16.6 Å². The fourth-order valence-electron chi connectivity index (χ4n) is 7.17. The number of halogens is 1. The van der Waals surface area contributed by atoms with Crippen molar-refractivity contribution in [2.24, 2.45) is 16.5 Å². The van der Waals surface area contributed by atoms with E-state index in [1.165, 1.54) is 0 Å². The molecule has 1 N–H and O–H groups in total. The molecule has 3 atom stereocenters. The zero-order chi connectivity index (χ0) is 30.1. The van der Waals surface area contributed by atoms with E-state index in [9.17, 15) is 14.8 Å². The molecule has 3 heterocycles. The number of anilines is 1. The van der Waals surface area contributed by atoms with Crippen LogP contribution in [0.25, 0.3) is 0 Å². The van der Waals surface area contributed by atoms with Crippen molar-refractivity contribution in [3.63, 3.8) is 0 Å². The van der Waals surface area contributed by atoms with Crippen LogP contribution in [0.15, 0.2) is 23.9 Å². The van der Waals surface area contributed by atoms with Gasteiger partial charge in [0.05, 0.1) is 36.3 Å². The molecule has 11 nitrogen and oxygen atoms in total. The van der Waals surface area contributed by atoms with Crippen LogP contribution in [0.4, 0.5) is 10.6 Å². The second-order valence-electron chi connectivity index (χ2n) is 12.7. The monoisotopic (exact) mass is 603 g/mol. The molecule has 5 rings (SSSR count). The van der Waals surface area contributed by atoms with Crippen LogP contribution in [0.5, 0.6) is 0 Å². The predicted octanol–water partition coefficient (Wildman–Crippen LogP) is 5.25. The van der Waals surface area contributed by atoms with Gasteiger partial charge in [-0.3, -0.25) is 4.79 Å². The first-order valence-electron chi connectivity index (χ1n) is 15.0. The lowest BCUT2D eigenvalue weighted by Gasteiger charge is -2.53. The van der Waals surface area contributed by atoms with Gasteiger partial charge in [0, 0.05) is 32.1 Å². The average Bonchev–Trinajstić information content (AvgIpc) is 3.31. The summed E-state index contributed by atoms with van der Waals surface area (Å²) < 4.78 is 18.0. The van der Waals surface area contributed by atoms with Gasteiger partial charge in [-0.05, 0) is 52.9 Å². The fourth-order valence-corrected chi connectivity index (χ4v) is 7.34. The molecule has 1 amide bonds. The first-order chi connectivity index (χ1) is 20.0. The highest BCUT2D eigenvalue weighted by molar-refractivity contribution is 6.29. The molecule has 0 radical (unpaired) electrons. The molecular formula is C30H42ClN5O6. The number of oxime groups is 1. The highest BCUT2D eigenvalue weighted by Crippen LogP contribution is 2.56. The van der Waals surface area contributed by atoms with Crippen LogP contribution >= 0.6 is 11.6 Å². The Morgan fingerprint density at radius 2 is 1.86 bits per heavy atom. The number of ketones is 1. The summed E-state index contributed by atoms with van der Waals surface area (Å²) in [7, 11) is 0. The molecule has 4 aliphatic rings. The van der Waals surface area contributed by atoms with Crippen molar-refractivity contribution >= 4 is 35.0 Å². The number of fused-ring (bicyclic) bond motifs is 1. The molecule has 0 unspecified atom stereocenters. The zero-order valence-corrected chi connectivity index (χ0v) is 25.6. The van der Waals surface area contributed by atoms with Crippen molar-refractivity contribution < 1.29 is 29.0 Å². The van der Waals surface area contributed by atoms with Crippen LogP contribution in [0.3, 0.4) is 0 Å². The topological polar surface area (TPSA) is 127 Å². The molecule has 4 fully saturated rings. The van der Waals surface area contributed by atoms with Crippen molar-refractivity contribution in [3.05, 3.63) is 29.7 Å². The number of carbonyl (C=O) groups excluding carboxylic acids is 2. The number of hydrogen-bond donors (Lipinski definition) is 1. The van der Waals surface area contributed by atoms with Gasteiger partial charge in [0.2, 0.25) is 5.78 Å². The van der Waals surface area contributed by atoms with Crippen LogP contribution in [0.1, 0.15) is 82.8 Å². The average molecular weight is 604 g/mol. The third-order valence-electron chi connectivity index (χ3n) is 8.94. The maximum Gasteiger partial charge on any atom is 0.410 e. The van der Waals surface area contributed by atoms with Gasteiger partial charge in [-0.2, -0.15) is 0 Å². The van der Waals surface area contributed by atoms with Gasteiger partial charge in [-0.1, -0.05) is 35.7 Å². The molecule has 12 heteroatoms. The summed E-state index contributed by atoms with van der Waals surface area (Å²) in [6, 6.07) is 1.33. The Morgan fingerprint density at radius 3 is 2.55 bits per heavy atom. The van der Waals surface area contributed by atoms with Crippen LogP contribution < -0.4 is 4.90 Å². The number of ether oxygens (including phenoxy) is 3. The van der Waals surface area contributed by atoms with Gasteiger partial charge < -0.3 is 29.2 Å². The molecule has 2 spiro atoms. The minimum Gasteiger partial charge on any atom is -0.444 e. The maximum absolute atomic E-state index is 14.1. The minimum absolute atomic E-state index is 0.0325. The minimum atomic E-state index is -0.880. The second-order valence-corrected chi connectivity index (χ2v) is 13.1. The van der Waals surface area contributed by atoms with Crippen molar-refractivity contribution in [3.8, 4) is 0 Å². The Bertz CT molecular complexity index is 1230. The van der Waals surface area contributed by atoms with E-state index in [1.54, 1.807) is 17.0 Å². The summed E-state index contributed by atoms with van der Waals surface area (Å²) in [5.74, 6) is -1.51. The number of rotatable bonds is 4. The van der Waals surface area contributed by atoms with E-state index in [1.807, 2.05) is 25.7 Å². The highest BCUT2D eigenvalue weighted by atomic mass is 35.5. The second kappa shape index (κ2) is 12.1. The lowest BCUT2D eigenvalue weighted by molar-refractivity contribution is -0.238. The van der Waals surface area contributed by atoms with E-state index in [0.717, 1.165) is 32.1 Å². The smallest absolute Gasteiger partial charge is 0.410 e. The molecule has 1 aromatic heterocycles. The van der Waals surface area contributed by atoms with Gasteiger partial charge in [0.25, 0.3) is 0 Å². The molecule has 0 bridgehead atoms. The quantitative estimate of drug-likeness (QED) is 0.161. The number of aromatic nitrogens is 2. The molecule has 1 aromatic rings. The standard InChI is InChI=1S/C30H42ClN5O6/c1-5-20-19-35(27(38)42-28(2,3)4)14-9-15-36(20)23-18-22(31)32-26(33-23)24(37)21-10-8-12-29(25(21)34-39)11-6-7-13-30(29)40-16-17-41-30/h5,18,20-21,39H,1,6-17,19H2,2-4H3/b34-25+/t20-,21-,29-/m0/s1. The Balaban J connectivity index is 1.42. The summed E-state index contributed by atoms with van der Waals surface area (Å²) in [6.45, 7) is 11.9. The lowest BCUT2D eigenvalue weighted by atomic mass is 9.57. The molecule has 42 heavy (non-hydrogen) atoms. The SMILES string of the molecule is C=C[C@H]1CN(C(=O)OC(C)(C)C)CCCN1c1cc(Cl)nc(C(=O)[C@@H]2CCC[C@@]3(CCCCC34OCCO4)/C2=N/O)n1. The van der Waals surface area contributed by atoms with E-state index in [2.05, 4.69) is 16.7 Å². The Hall–Kier alpha value is -2.76. The van der Waals surface area contributed by atoms with Crippen molar-refractivity contribution in [1.82, 2.24) is 14.9 Å². The zero-order valence-electron chi connectivity index (χ0n) is 24.8. The molecule has 2 saturated heterocycles. The first-order valence-corrected chi connectivity index (χ1v) is 15.4. The third-order valence-corrected chi connectivity index (χ3v) is 9.13. The van der Waals surface area contributed by atoms with Crippen LogP contribution in [-0.2, 0) is 14.2 Å². The van der Waals surface area contributed by atoms with Gasteiger partial charge in [-0.25, -0.2) is 14.8 Å². The van der Waals surface area contributed by atoms with Gasteiger partial charge in [0.15, 0.2) is 11.6 Å². The normalized spacial score (nSPS) is 29.1. The van der Waals surface area contributed by atoms with Crippen molar-refractivity contribution in [2.75, 3.05) is 37.7 Å². The Kier molecular flexibility index (Phi) is 8.83. The number of Topliss-reactive ketones (excluding diaryl/α,β-unsaturated/α-hetero) is 1. The van der Waals surface area contributed by atoms with Gasteiger partial charge in [-0.15, -0.1) is 6.58 Å². The molecular weight excluding hydrogens is 562 g/mol.